The molecular weight excluding hydrogens is 253 g/mol. The topological polar surface area (TPSA) is 20.3 Å². The highest BCUT2D eigenvalue weighted by molar-refractivity contribution is 5.96. The molecule has 0 heterocycles. The van der Waals surface area contributed by atoms with Gasteiger partial charge < -0.3 is 4.90 Å². The summed E-state index contributed by atoms with van der Waals surface area (Å²) in [4.78, 5) is 14.0. The SMILES string of the molecule is CN(CCC(=O)c1ccccc1)Cc1ccc(F)cc1. The summed E-state index contributed by atoms with van der Waals surface area (Å²) in [5.74, 6) is -0.0767. The Morgan fingerprint density at radius 2 is 1.70 bits per heavy atom. The maximum Gasteiger partial charge on any atom is 0.164 e. The van der Waals surface area contributed by atoms with Gasteiger partial charge in [-0.3, -0.25) is 4.79 Å². The number of carbonyl (C=O) groups is 1. The van der Waals surface area contributed by atoms with Crippen molar-refractivity contribution in [2.75, 3.05) is 13.6 Å². The molecule has 0 saturated carbocycles. The molecule has 0 atom stereocenters. The van der Waals surface area contributed by atoms with Crippen LogP contribution < -0.4 is 0 Å². The minimum atomic E-state index is -0.226. The van der Waals surface area contributed by atoms with Crippen molar-refractivity contribution in [3.8, 4) is 0 Å². The van der Waals surface area contributed by atoms with Gasteiger partial charge in [-0.2, -0.15) is 0 Å². The summed E-state index contributed by atoms with van der Waals surface area (Å²) in [7, 11) is 1.96. The first-order valence-corrected chi connectivity index (χ1v) is 6.66. The molecule has 0 aliphatic carbocycles. The minimum absolute atomic E-state index is 0.150. The van der Waals surface area contributed by atoms with E-state index in [0.29, 0.717) is 19.5 Å². The van der Waals surface area contributed by atoms with Gasteiger partial charge in [0.05, 0.1) is 0 Å². The number of benzene rings is 2. The van der Waals surface area contributed by atoms with Crippen molar-refractivity contribution in [3.05, 3.63) is 71.5 Å². The van der Waals surface area contributed by atoms with E-state index in [4.69, 9.17) is 0 Å². The van der Waals surface area contributed by atoms with Gasteiger partial charge in [-0.05, 0) is 24.7 Å². The van der Waals surface area contributed by atoms with Crippen LogP contribution in [0.15, 0.2) is 54.6 Å². The van der Waals surface area contributed by atoms with Gasteiger partial charge in [-0.15, -0.1) is 0 Å². The second-order valence-corrected chi connectivity index (χ2v) is 4.90. The molecule has 2 nitrogen and oxygen atoms in total. The normalized spacial score (nSPS) is 10.8. The lowest BCUT2D eigenvalue weighted by Gasteiger charge is -2.16. The number of carbonyl (C=O) groups excluding carboxylic acids is 1. The average Bonchev–Trinajstić information content (AvgIpc) is 2.48. The molecule has 0 fully saturated rings. The smallest absolute Gasteiger partial charge is 0.164 e. The summed E-state index contributed by atoms with van der Waals surface area (Å²) in [6.07, 6.45) is 0.488. The fourth-order valence-corrected chi connectivity index (χ4v) is 2.04. The number of rotatable bonds is 6. The predicted octanol–water partition coefficient (Wildman–Crippen LogP) is 3.53. The molecule has 0 aliphatic rings. The van der Waals surface area contributed by atoms with E-state index in [0.717, 1.165) is 11.1 Å². The Labute approximate surface area is 118 Å². The zero-order valence-electron chi connectivity index (χ0n) is 11.6. The van der Waals surface area contributed by atoms with Crippen LogP contribution in [-0.4, -0.2) is 24.3 Å². The summed E-state index contributed by atoms with van der Waals surface area (Å²) in [5.41, 5.74) is 1.80. The highest BCUT2D eigenvalue weighted by Gasteiger charge is 2.07. The molecule has 0 radical (unpaired) electrons. The van der Waals surface area contributed by atoms with Crippen molar-refractivity contribution >= 4 is 5.78 Å². The molecule has 0 saturated heterocycles. The van der Waals surface area contributed by atoms with E-state index in [1.165, 1.54) is 12.1 Å². The first kappa shape index (κ1) is 14.4. The van der Waals surface area contributed by atoms with Gasteiger partial charge in [-0.1, -0.05) is 42.5 Å². The van der Waals surface area contributed by atoms with Crippen LogP contribution in [0.5, 0.6) is 0 Å². The third-order valence-electron chi connectivity index (χ3n) is 3.18. The Bertz CT molecular complexity index is 551. The molecule has 104 valence electrons. The lowest BCUT2D eigenvalue weighted by molar-refractivity contribution is 0.0968. The van der Waals surface area contributed by atoms with Crippen LogP contribution in [-0.2, 0) is 6.54 Å². The van der Waals surface area contributed by atoms with Crippen LogP contribution >= 0.6 is 0 Å². The second kappa shape index (κ2) is 6.96. The molecule has 0 aliphatic heterocycles. The van der Waals surface area contributed by atoms with E-state index < -0.39 is 0 Å². The standard InChI is InChI=1S/C17H18FNO/c1-19(13-14-7-9-16(18)10-8-14)12-11-17(20)15-5-3-2-4-6-15/h2-10H,11-13H2,1H3. The van der Waals surface area contributed by atoms with Gasteiger partial charge in [0.25, 0.3) is 0 Å². The van der Waals surface area contributed by atoms with Crippen molar-refractivity contribution in [2.45, 2.75) is 13.0 Å². The first-order valence-electron chi connectivity index (χ1n) is 6.66. The fraction of sp³-hybridized carbons (Fsp3) is 0.235. The third kappa shape index (κ3) is 4.28. The molecular formula is C17H18FNO. The lowest BCUT2D eigenvalue weighted by Crippen LogP contribution is -2.21. The van der Waals surface area contributed by atoms with Crippen LogP contribution in [0.1, 0.15) is 22.3 Å². The lowest BCUT2D eigenvalue weighted by atomic mass is 10.1. The summed E-state index contributed by atoms with van der Waals surface area (Å²) in [5, 5.41) is 0. The summed E-state index contributed by atoms with van der Waals surface area (Å²) >= 11 is 0. The van der Waals surface area contributed by atoms with Crippen LogP contribution in [0.4, 0.5) is 4.39 Å². The van der Waals surface area contributed by atoms with E-state index in [-0.39, 0.29) is 11.6 Å². The second-order valence-electron chi connectivity index (χ2n) is 4.90. The first-order chi connectivity index (χ1) is 9.65. The van der Waals surface area contributed by atoms with Crippen LogP contribution in [0, 0.1) is 5.82 Å². The minimum Gasteiger partial charge on any atom is -0.302 e. The van der Waals surface area contributed by atoms with Gasteiger partial charge in [0.15, 0.2) is 5.78 Å². The Balaban J connectivity index is 1.82. The predicted molar refractivity (Wildman–Crippen MR) is 78.1 cm³/mol. The van der Waals surface area contributed by atoms with Crippen molar-refractivity contribution in [2.24, 2.45) is 0 Å². The fourth-order valence-electron chi connectivity index (χ4n) is 2.04. The largest absolute Gasteiger partial charge is 0.302 e. The molecule has 2 aromatic carbocycles. The molecule has 0 aromatic heterocycles. The van der Waals surface area contributed by atoms with E-state index >= 15 is 0 Å². The quantitative estimate of drug-likeness (QED) is 0.749. The van der Waals surface area contributed by atoms with Gasteiger partial charge in [0.1, 0.15) is 5.82 Å². The molecule has 2 rings (SSSR count). The van der Waals surface area contributed by atoms with E-state index in [2.05, 4.69) is 4.90 Å². The molecule has 0 spiro atoms. The number of hydrogen-bond donors (Lipinski definition) is 0. The summed E-state index contributed by atoms with van der Waals surface area (Å²) in [6.45, 7) is 1.40. The zero-order valence-corrected chi connectivity index (χ0v) is 11.6. The van der Waals surface area contributed by atoms with E-state index in [1.54, 1.807) is 12.1 Å². The summed E-state index contributed by atoms with van der Waals surface area (Å²) in [6, 6.07) is 15.8. The van der Waals surface area contributed by atoms with Gasteiger partial charge in [0.2, 0.25) is 0 Å². The maximum atomic E-state index is 12.8. The number of nitrogens with zero attached hydrogens (tertiary/aromatic N) is 1. The van der Waals surface area contributed by atoms with E-state index in [1.807, 2.05) is 37.4 Å². The Kier molecular flexibility index (Phi) is 5.02. The van der Waals surface area contributed by atoms with Gasteiger partial charge in [-0.25, -0.2) is 4.39 Å². The van der Waals surface area contributed by atoms with Crippen molar-refractivity contribution in [1.82, 2.24) is 4.90 Å². The van der Waals surface area contributed by atoms with Crippen LogP contribution in [0.25, 0.3) is 0 Å². The number of halogens is 1. The van der Waals surface area contributed by atoms with Crippen molar-refractivity contribution < 1.29 is 9.18 Å². The average molecular weight is 271 g/mol. The number of hydrogen-bond acceptors (Lipinski definition) is 2. The van der Waals surface area contributed by atoms with Crippen molar-refractivity contribution in [1.29, 1.82) is 0 Å². The zero-order chi connectivity index (χ0) is 14.4. The Morgan fingerprint density at radius 1 is 1.05 bits per heavy atom. The molecule has 0 amide bonds. The molecule has 20 heavy (non-hydrogen) atoms. The molecule has 0 N–H and O–H groups in total. The summed E-state index contributed by atoms with van der Waals surface area (Å²) < 4.78 is 12.8. The Morgan fingerprint density at radius 3 is 2.35 bits per heavy atom. The van der Waals surface area contributed by atoms with Crippen molar-refractivity contribution in [3.63, 3.8) is 0 Å². The molecule has 0 bridgehead atoms. The van der Waals surface area contributed by atoms with Gasteiger partial charge in [0, 0.05) is 25.1 Å². The third-order valence-corrected chi connectivity index (χ3v) is 3.18. The van der Waals surface area contributed by atoms with Gasteiger partial charge >= 0.3 is 0 Å². The molecule has 0 unspecified atom stereocenters. The van der Waals surface area contributed by atoms with E-state index in [9.17, 15) is 9.18 Å². The monoisotopic (exact) mass is 271 g/mol. The molecule has 2 aromatic rings. The number of Topliss-reactive ketones (excluding diaryl/α,β-unsaturated/α-hetero) is 1. The Hall–Kier alpha value is -2.00. The maximum absolute atomic E-state index is 12.8. The highest BCUT2D eigenvalue weighted by Crippen LogP contribution is 2.07. The number of ketones is 1. The van der Waals surface area contributed by atoms with Crippen LogP contribution in [0.2, 0.25) is 0 Å². The highest BCUT2D eigenvalue weighted by atomic mass is 19.1. The van der Waals surface area contributed by atoms with Crippen LogP contribution in [0.3, 0.4) is 0 Å². The molecule has 3 heteroatoms.